The third kappa shape index (κ3) is 3.27. The fraction of sp³-hybridized carbons (Fsp3) is 0.0588. The van der Waals surface area contributed by atoms with E-state index in [-0.39, 0.29) is 5.56 Å². The molecule has 0 bridgehead atoms. The Bertz CT molecular complexity index is 798. The van der Waals surface area contributed by atoms with Crippen molar-refractivity contribution in [2.24, 2.45) is 0 Å². The maximum Gasteiger partial charge on any atom is 0.338 e. The lowest BCUT2D eigenvalue weighted by Gasteiger charge is -2.11. The van der Waals surface area contributed by atoms with Crippen molar-refractivity contribution in [2.75, 3.05) is 5.32 Å². The molecule has 23 heavy (non-hydrogen) atoms. The van der Waals surface area contributed by atoms with E-state index in [1.165, 1.54) is 6.07 Å². The van der Waals surface area contributed by atoms with Crippen LogP contribution in [0.2, 0.25) is 0 Å². The molecule has 6 heteroatoms. The average Bonchev–Trinajstić information content (AvgIpc) is 2.89. The Kier molecular flexibility index (Phi) is 4.16. The number of nitrogens with one attached hydrogen (secondary N) is 1. The zero-order valence-corrected chi connectivity index (χ0v) is 13.4. The first-order valence-corrected chi connectivity index (χ1v) is 7.62. The van der Waals surface area contributed by atoms with Crippen LogP contribution in [0.5, 0.6) is 0 Å². The Morgan fingerprint density at radius 1 is 1.13 bits per heavy atom. The van der Waals surface area contributed by atoms with E-state index >= 15 is 0 Å². The summed E-state index contributed by atoms with van der Waals surface area (Å²) in [5.41, 5.74) is 1.25. The SMILES string of the molecule is O=C(O)c1ccccc1NC1C=C(c2ccc(Br)cc2)OC1=O. The minimum Gasteiger partial charge on any atom is -0.478 e. The third-order valence-corrected chi connectivity index (χ3v) is 3.91. The molecule has 0 spiro atoms. The van der Waals surface area contributed by atoms with Gasteiger partial charge in [0, 0.05) is 15.7 Å². The van der Waals surface area contributed by atoms with Gasteiger partial charge in [-0.25, -0.2) is 9.59 Å². The Hall–Kier alpha value is -2.60. The Labute approximate surface area is 140 Å². The smallest absolute Gasteiger partial charge is 0.338 e. The van der Waals surface area contributed by atoms with Crippen molar-refractivity contribution in [3.05, 3.63) is 70.2 Å². The normalized spacial score (nSPS) is 16.7. The molecule has 2 aromatic carbocycles. The molecule has 0 radical (unpaired) electrons. The van der Waals surface area contributed by atoms with Crippen LogP contribution in [-0.2, 0) is 9.53 Å². The highest BCUT2D eigenvalue weighted by Crippen LogP contribution is 2.27. The first-order chi connectivity index (χ1) is 11.0. The average molecular weight is 374 g/mol. The third-order valence-electron chi connectivity index (χ3n) is 3.38. The lowest BCUT2D eigenvalue weighted by molar-refractivity contribution is -0.135. The predicted molar refractivity (Wildman–Crippen MR) is 89.0 cm³/mol. The number of para-hydroxylation sites is 1. The van der Waals surface area contributed by atoms with Crippen LogP contribution in [0.1, 0.15) is 15.9 Å². The fourth-order valence-corrected chi connectivity index (χ4v) is 2.52. The summed E-state index contributed by atoms with van der Waals surface area (Å²) in [7, 11) is 0. The second-order valence-corrected chi connectivity index (χ2v) is 5.85. The highest BCUT2D eigenvalue weighted by atomic mass is 79.9. The Balaban J connectivity index is 1.85. The van der Waals surface area contributed by atoms with E-state index in [1.54, 1.807) is 24.3 Å². The number of hydrogen-bond acceptors (Lipinski definition) is 4. The predicted octanol–water partition coefficient (Wildman–Crippen LogP) is 3.53. The van der Waals surface area contributed by atoms with Gasteiger partial charge in [0.15, 0.2) is 0 Å². The molecule has 0 amide bonds. The summed E-state index contributed by atoms with van der Waals surface area (Å²) in [6.45, 7) is 0. The van der Waals surface area contributed by atoms with Gasteiger partial charge in [0.25, 0.3) is 0 Å². The minimum atomic E-state index is -1.06. The summed E-state index contributed by atoms with van der Waals surface area (Å²) in [4.78, 5) is 23.2. The summed E-state index contributed by atoms with van der Waals surface area (Å²) in [6, 6.07) is 13.1. The number of carboxylic acids is 1. The summed E-state index contributed by atoms with van der Waals surface area (Å²) in [6.07, 6.45) is 1.64. The number of ether oxygens (including phenoxy) is 1. The molecule has 3 rings (SSSR count). The molecular formula is C17H12BrNO4. The molecule has 1 heterocycles. The monoisotopic (exact) mass is 373 g/mol. The van der Waals surface area contributed by atoms with E-state index in [0.29, 0.717) is 11.4 Å². The molecule has 0 aromatic heterocycles. The lowest BCUT2D eigenvalue weighted by atomic mass is 10.1. The molecule has 116 valence electrons. The van der Waals surface area contributed by atoms with E-state index in [1.807, 2.05) is 24.3 Å². The van der Waals surface area contributed by atoms with Gasteiger partial charge in [-0.2, -0.15) is 0 Å². The number of benzene rings is 2. The molecule has 0 saturated carbocycles. The number of rotatable bonds is 4. The number of hydrogen-bond donors (Lipinski definition) is 2. The summed E-state index contributed by atoms with van der Waals surface area (Å²) in [5, 5.41) is 12.1. The van der Waals surface area contributed by atoms with E-state index in [4.69, 9.17) is 4.74 Å². The molecule has 2 aromatic rings. The van der Waals surface area contributed by atoms with Crippen molar-refractivity contribution in [3.63, 3.8) is 0 Å². The van der Waals surface area contributed by atoms with E-state index < -0.39 is 18.0 Å². The quantitative estimate of drug-likeness (QED) is 0.801. The molecule has 2 N–H and O–H groups in total. The van der Waals surface area contributed by atoms with Crippen molar-refractivity contribution in [1.82, 2.24) is 0 Å². The molecule has 0 fully saturated rings. The number of cyclic esters (lactones) is 1. The first kappa shape index (κ1) is 15.3. The van der Waals surface area contributed by atoms with E-state index in [9.17, 15) is 14.7 Å². The van der Waals surface area contributed by atoms with Crippen molar-refractivity contribution in [2.45, 2.75) is 6.04 Å². The zero-order valence-electron chi connectivity index (χ0n) is 11.8. The number of halogens is 1. The van der Waals surface area contributed by atoms with Crippen LogP contribution in [0.15, 0.2) is 59.1 Å². The van der Waals surface area contributed by atoms with Crippen LogP contribution in [0.4, 0.5) is 5.69 Å². The standard InChI is InChI=1S/C17H12BrNO4/c18-11-7-5-10(6-8-11)15-9-14(17(22)23-15)19-13-4-2-1-3-12(13)16(20)21/h1-9,14,19H,(H,20,21). The van der Waals surface area contributed by atoms with Crippen LogP contribution < -0.4 is 5.32 Å². The number of carboxylic acid groups (broad SMARTS) is 1. The van der Waals surface area contributed by atoms with Crippen LogP contribution in [0.25, 0.3) is 5.76 Å². The van der Waals surface area contributed by atoms with E-state index in [0.717, 1.165) is 10.0 Å². The summed E-state index contributed by atoms with van der Waals surface area (Å²) in [5.74, 6) is -1.08. The van der Waals surface area contributed by atoms with Crippen molar-refractivity contribution >= 4 is 39.3 Å². The second-order valence-electron chi connectivity index (χ2n) is 4.93. The number of esters is 1. The lowest BCUT2D eigenvalue weighted by Crippen LogP contribution is -2.25. The molecule has 1 aliphatic rings. The van der Waals surface area contributed by atoms with Gasteiger partial charge in [-0.05, 0) is 30.3 Å². The van der Waals surface area contributed by atoms with Crippen molar-refractivity contribution < 1.29 is 19.4 Å². The number of carbonyl (C=O) groups excluding carboxylic acids is 1. The largest absolute Gasteiger partial charge is 0.478 e. The van der Waals surface area contributed by atoms with Gasteiger partial charge in [0.2, 0.25) is 0 Å². The van der Waals surface area contributed by atoms with Gasteiger partial charge in [-0.15, -0.1) is 0 Å². The van der Waals surface area contributed by atoms with Crippen LogP contribution in [0.3, 0.4) is 0 Å². The van der Waals surface area contributed by atoms with Gasteiger partial charge < -0.3 is 15.2 Å². The highest BCUT2D eigenvalue weighted by Gasteiger charge is 2.28. The first-order valence-electron chi connectivity index (χ1n) is 6.83. The van der Waals surface area contributed by atoms with Gasteiger partial charge in [-0.3, -0.25) is 0 Å². The van der Waals surface area contributed by atoms with Gasteiger partial charge >= 0.3 is 11.9 Å². The topological polar surface area (TPSA) is 75.6 Å². The Morgan fingerprint density at radius 3 is 2.52 bits per heavy atom. The van der Waals surface area contributed by atoms with Crippen LogP contribution in [-0.4, -0.2) is 23.1 Å². The van der Waals surface area contributed by atoms with Gasteiger partial charge in [0.1, 0.15) is 11.8 Å². The maximum absolute atomic E-state index is 12.0. The van der Waals surface area contributed by atoms with Crippen LogP contribution in [0, 0.1) is 0 Å². The molecule has 0 aliphatic carbocycles. The van der Waals surface area contributed by atoms with E-state index in [2.05, 4.69) is 21.2 Å². The zero-order chi connectivity index (χ0) is 16.4. The summed E-state index contributed by atoms with van der Waals surface area (Å²) < 4.78 is 6.20. The minimum absolute atomic E-state index is 0.103. The van der Waals surface area contributed by atoms with Crippen molar-refractivity contribution in [1.29, 1.82) is 0 Å². The summed E-state index contributed by atoms with van der Waals surface area (Å²) >= 11 is 3.35. The molecule has 1 unspecified atom stereocenters. The molecular weight excluding hydrogens is 362 g/mol. The molecule has 0 saturated heterocycles. The van der Waals surface area contributed by atoms with Gasteiger partial charge in [0.05, 0.1) is 5.56 Å². The maximum atomic E-state index is 12.0. The fourth-order valence-electron chi connectivity index (χ4n) is 2.26. The Morgan fingerprint density at radius 2 is 1.83 bits per heavy atom. The highest BCUT2D eigenvalue weighted by molar-refractivity contribution is 9.10. The van der Waals surface area contributed by atoms with Gasteiger partial charge in [-0.1, -0.05) is 40.2 Å². The molecule has 5 nitrogen and oxygen atoms in total. The number of carbonyl (C=O) groups is 2. The second kappa shape index (κ2) is 6.26. The number of anilines is 1. The van der Waals surface area contributed by atoms with Crippen molar-refractivity contribution in [3.8, 4) is 0 Å². The van der Waals surface area contributed by atoms with Crippen LogP contribution >= 0.6 is 15.9 Å². The molecule has 1 aliphatic heterocycles. The number of aromatic carboxylic acids is 1. The molecule has 1 atom stereocenters.